The van der Waals surface area contributed by atoms with E-state index >= 15 is 0 Å². The average Bonchev–Trinajstić information content (AvgIpc) is 2.72. The van der Waals surface area contributed by atoms with Crippen LogP contribution in [0.2, 0.25) is 0 Å². The maximum absolute atomic E-state index is 11.7. The van der Waals surface area contributed by atoms with Crippen molar-refractivity contribution in [1.82, 2.24) is 9.55 Å². The number of H-pyrrole nitrogens is 1. The summed E-state index contributed by atoms with van der Waals surface area (Å²) >= 11 is 0. The molecule has 2 aromatic heterocycles. The highest BCUT2D eigenvalue weighted by Crippen LogP contribution is 2.09. The van der Waals surface area contributed by atoms with Gasteiger partial charge in [-0.3, -0.25) is 19.2 Å². The van der Waals surface area contributed by atoms with Gasteiger partial charge in [-0.1, -0.05) is 24.3 Å². The van der Waals surface area contributed by atoms with Gasteiger partial charge in [0.2, 0.25) is 0 Å². The van der Waals surface area contributed by atoms with Gasteiger partial charge < -0.3 is 9.55 Å². The molecule has 0 unspecified atom stereocenters. The van der Waals surface area contributed by atoms with Crippen molar-refractivity contribution >= 4 is 34.4 Å². The molecular weight excluding hydrogens is 344 g/mol. The Morgan fingerprint density at radius 3 is 2.11 bits per heavy atom. The van der Waals surface area contributed by atoms with E-state index in [2.05, 4.69) is 4.98 Å². The molecule has 6 nitrogen and oxygen atoms in total. The van der Waals surface area contributed by atoms with E-state index in [1.165, 1.54) is 6.20 Å². The highest BCUT2D eigenvalue weighted by Gasteiger charge is 2.05. The number of hydrogen-bond donors (Lipinski definition) is 1. The Morgan fingerprint density at radius 1 is 0.815 bits per heavy atom. The Hall–Kier alpha value is -3.80. The number of aldehydes is 2. The number of aromatic nitrogens is 2. The predicted molar refractivity (Wildman–Crippen MR) is 105 cm³/mol. The molecule has 0 atom stereocenters. The summed E-state index contributed by atoms with van der Waals surface area (Å²) in [6.45, 7) is 0. The Morgan fingerprint density at radius 2 is 1.41 bits per heavy atom. The van der Waals surface area contributed by atoms with Crippen LogP contribution in [0.4, 0.5) is 0 Å². The number of benzene rings is 2. The smallest absolute Gasteiger partial charge is 0.199 e. The Balaban J connectivity index is 0.000000156. The van der Waals surface area contributed by atoms with Crippen molar-refractivity contribution in [3.05, 3.63) is 92.5 Å². The van der Waals surface area contributed by atoms with Gasteiger partial charge in [0.25, 0.3) is 0 Å². The van der Waals surface area contributed by atoms with Gasteiger partial charge in [-0.05, 0) is 24.3 Å². The molecule has 0 aliphatic rings. The molecule has 0 bridgehead atoms. The monoisotopic (exact) mass is 360 g/mol. The number of aryl methyl sites for hydroxylation is 1. The molecule has 2 heterocycles. The molecule has 4 aromatic rings. The van der Waals surface area contributed by atoms with Gasteiger partial charge in [-0.25, -0.2) is 0 Å². The number of pyridine rings is 2. The van der Waals surface area contributed by atoms with Crippen LogP contribution in [0.3, 0.4) is 0 Å². The molecule has 2 aromatic carbocycles. The first-order valence-corrected chi connectivity index (χ1v) is 8.16. The predicted octanol–water partition coefficient (Wildman–Crippen LogP) is 2.69. The van der Waals surface area contributed by atoms with Gasteiger partial charge in [0.15, 0.2) is 23.4 Å². The fourth-order valence-electron chi connectivity index (χ4n) is 2.82. The van der Waals surface area contributed by atoms with E-state index < -0.39 is 0 Å². The van der Waals surface area contributed by atoms with E-state index in [1.54, 1.807) is 41.1 Å². The number of hydrogen-bond acceptors (Lipinski definition) is 4. The zero-order chi connectivity index (χ0) is 19.4. The number of carbonyl (C=O) groups is 2. The number of carbonyl (C=O) groups excluding carboxylic acids is 2. The molecule has 0 fully saturated rings. The minimum Gasteiger partial charge on any atom is -0.360 e. The van der Waals surface area contributed by atoms with Crippen LogP contribution in [-0.4, -0.2) is 22.1 Å². The van der Waals surface area contributed by atoms with Crippen molar-refractivity contribution in [1.29, 1.82) is 0 Å². The van der Waals surface area contributed by atoms with Crippen LogP contribution < -0.4 is 10.9 Å². The summed E-state index contributed by atoms with van der Waals surface area (Å²) in [5.74, 6) is 0. The van der Waals surface area contributed by atoms with E-state index in [4.69, 9.17) is 0 Å². The number of aromatic amines is 1. The molecular formula is C21H16N2O4. The van der Waals surface area contributed by atoms with Crippen LogP contribution in [0.25, 0.3) is 21.8 Å². The maximum Gasteiger partial charge on any atom is 0.199 e. The molecule has 0 aliphatic heterocycles. The van der Waals surface area contributed by atoms with E-state index in [-0.39, 0.29) is 22.0 Å². The lowest BCUT2D eigenvalue weighted by Gasteiger charge is -2.04. The largest absolute Gasteiger partial charge is 0.360 e. The van der Waals surface area contributed by atoms with Crippen LogP contribution in [-0.2, 0) is 7.05 Å². The van der Waals surface area contributed by atoms with Crippen LogP contribution in [0, 0.1) is 0 Å². The van der Waals surface area contributed by atoms with Crippen molar-refractivity contribution in [3.8, 4) is 0 Å². The Bertz CT molecular complexity index is 1270. The third-order valence-electron chi connectivity index (χ3n) is 4.19. The van der Waals surface area contributed by atoms with Crippen molar-refractivity contribution in [3.63, 3.8) is 0 Å². The summed E-state index contributed by atoms with van der Waals surface area (Å²) in [5.41, 5.74) is 1.53. The molecule has 27 heavy (non-hydrogen) atoms. The lowest BCUT2D eigenvalue weighted by Crippen LogP contribution is -2.12. The molecule has 0 amide bonds. The quantitative estimate of drug-likeness (QED) is 0.557. The molecule has 0 saturated heterocycles. The normalized spacial score (nSPS) is 10.3. The van der Waals surface area contributed by atoms with E-state index in [0.717, 1.165) is 11.0 Å². The lowest BCUT2D eigenvalue weighted by molar-refractivity contribution is 0.111. The van der Waals surface area contributed by atoms with Gasteiger partial charge >= 0.3 is 0 Å². The first kappa shape index (κ1) is 18.0. The number of rotatable bonds is 2. The summed E-state index contributed by atoms with van der Waals surface area (Å²) in [5, 5.41) is 1.13. The van der Waals surface area contributed by atoms with Crippen molar-refractivity contribution in [2.24, 2.45) is 7.05 Å². The lowest BCUT2D eigenvalue weighted by atomic mass is 10.1. The summed E-state index contributed by atoms with van der Waals surface area (Å²) in [6, 6.07) is 14.3. The molecule has 4 rings (SSSR count). The van der Waals surface area contributed by atoms with Gasteiger partial charge in [0.05, 0.1) is 16.6 Å². The van der Waals surface area contributed by atoms with E-state index in [9.17, 15) is 19.2 Å². The Kier molecular flexibility index (Phi) is 5.08. The second-order valence-corrected chi connectivity index (χ2v) is 5.90. The average molecular weight is 360 g/mol. The second-order valence-electron chi connectivity index (χ2n) is 5.90. The van der Waals surface area contributed by atoms with Crippen molar-refractivity contribution < 1.29 is 9.59 Å². The number of para-hydroxylation sites is 2. The van der Waals surface area contributed by atoms with Crippen molar-refractivity contribution in [2.75, 3.05) is 0 Å². The first-order valence-electron chi connectivity index (χ1n) is 8.16. The van der Waals surface area contributed by atoms with E-state index in [0.29, 0.717) is 23.3 Å². The minimum absolute atomic E-state index is 0.165. The fraction of sp³-hybridized carbons (Fsp3) is 0.0476. The maximum atomic E-state index is 11.7. The number of nitrogens with zero attached hydrogens (tertiary/aromatic N) is 1. The number of fused-ring (bicyclic) bond motifs is 2. The molecule has 0 saturated carbocycles. The first-order chi connectivity index (χ1) is 13.1. The standard InChI is InChI=1S/C11H9NO2.C10H7NO2/c1-12-6-8(7-13)11(14)9-4-2-3-5-10(9)12;12-6-7-5-11-9-4-2-1-3-8(9)10(7)13/h2-7H,1H3;1-6H,(H,11,13). The third-order valence-corrected chi connectivity index (χ3v) is 4.19. The third kappa shape index (κ3) is 3.46. The minimum atomic E-state index is -0.218. The number of nitrogens with one attached hydrogen (secondary N) is 1. The van der Waals surface area contributed by atoms with Crippen molar-refractivity contribution in [2.45, 2.75) is 0 Å². The van der Waals surface area contributed by atoms with Crippen LogP contribution in [0.15, 0.2) is 70.5 Å². The fourth-order valence-corrected chi connectivity index (χ4v) is 2.82. The highest BCUT2D eigenvalue weighted by atomic mass is 16.1. The van der Waals surface area contributed by atoms with Crippen LogP contribution in [0.5, 0.6) is 0 Å². The SMILES string of the molecule is Cn1cc(C=O)c(=O)c2ccccc21.O=Cc1c[nH]c2ccccc2c1=O. The summed E-state index contributed by atoms with van der Waals surface area (Å²) in [6.07, 6.45) is 4.13. The Labute approximate surface area is 153 Å². The summed E-state index contributed by atoms with van der Waals surface area (Å²) < 4.78 is 1.78. The molecule has 134 valence electrons. The van der Waals surface area contributed by atoms with Gasteiger partial charge in [0.1, 0.15) is 0 Å². The zero-order valence-electron chi connectivity index (χ0n) is 14.5. The second kappa shape index (κ2) is 7.61. The molecule has 0 radical (unpaired) electrons. The highest BCUT2D eigenvalue weighted by molar-refractivity contribution is 5.86. The van der Waals surface area contributed by atoms with Crippen LogP contribution in [0.1, 0.15) is 20.7 Å². The topological polar surface area (TPSA) is 89.0 Å². The summed E-state index contributed by atoms with van der Waals surface area (Å²) in [4.78, 5) is 47.1. The van der Waals surface area contributed by atoms with E-state index in [1.807, 2.05) is 25.2 Å². The zero-order valence-corrected chi connectivity index (χ0v) is 14.5. The summed E-state index contributed by atoms with van der Waals surface area (Å²) in [7, 11) is 1.81. The van der Waals surface area contributed by atoms with Gasteiger partial charge in [-0.15, -0.1) is 0 Å². The van der Waals surface area contributed by atoms with Gasteiger partial charge in [0, 0.05) is 35.7 Å². The molecule has 6 heteroatoms. The molecule has 0 aliphatic carbocycles. The van der Waals surface area contributed by atoms with Crippen LogP contribution >= 0.6 is 0 Å². The molecule has 0 spiro atoms. The van der Waals surface area contributed by atoms with Gasteiger partial charge in [-0.2, -0.15) is 0 Å². The molecule has 1 N–H and O–H groups in total.